The van der Waals surface area contributed by atoms with Gasteiger partial charge in [0, 0.05) is 26.2 Å². The van der Waals surface area contributed by atoms with Crippen molar-refractivity contribution in [3.63, 3.8) is 0 Å². The van der Waals surface area contributed by atoms with Crippen LogP contribution in [0.3, 0.4) is 0 Å². The molecule has 2 unspecified atom stereocenters. The second-order valence-electron chi connectivity index (χ2n) is 4.90. The van der Waals surface area contributed by atoms with Gasteiger partial charge in [0.2, 0.25) is 0 Å². The Balaban J connectivity index is 2.04. The Morgan fingerprint density at radius 2 is 2.33 bits per heavy atom. The van der Waals surface area contributed by atoms with Crippen LogP contribution >= 0.6 is 0 Å². The van der Waals surface area contributed by atoms with Crippen LogP contribution in [0, 0.1) is 0 Å². The van der Waals surface area contributed by atoms with Crippen LogP contribution < -0.4 is 10.2 Å². The molecule has 0 amide bonds. The van der Waals surface area contributed by atoms with Crippen LogP contribution in [0.15, 0.2) is 18.3 Å². The molecule has 1 aromatic rings. The summed E-state index contributed by atoms with van der Waals surface area (Å²) in [5.41, 5.74) is 2.28. The molecule has 2 atom stereocenters. The number of nitrogens with zero attached hydrogens (tertiary/aromatic N) is 2. The van der Waals surface area contributed by atoms with Gasteiger partial charge in [0.05, 0.1) is 23.7 Å². The van der Waals surface area contributed by atoms with Crippen LogP contribution in [-0.2, 0) is 4.74 Å². The number of aromatic nitrogens is 1. The number of rotatable bonds is 4. The fourth-order valence-electron chi connectivity index (χ4n) is 2.35. The second kappa shape index (κ2) is 6.16. The average Bonchev–Trinajstić information content (AvgIpc) is 2.46. The van der Waals surface area contributed by atoms with Gasteiger partial charge < -0.3 is 15.0 Å². The van der Waals surface area contributed by atoms with E-state index in [9.17, 15) is 0 Å². The van der Waals surface area contributed by atoms with E-state index in [2.05, 4.69) is 34.3 Å². The van der Waals surface area contributed by atoms with Crippen molar-refractivity contribution in [2.75, 3.05) is 32.1 Å². The summed E-state index contributed by atoms with van der Waals surface area (Å²) < 4.78 is 5.45. The van der Waals surface area contributed by atoms with E-state index < -0.39 is 0 Å². The second-order valence-corrected chi connectivity index (χ2v) is 4.90. The minimum absolute atomic E-state index is 0.298. The molecule has 0 aromatic carbocycles. The molecular weight excluding hydrogens is 226 g/mol. The molecule has 1 N–H and O–H groups in total. The number of hydrogen-bond acceptors (Lipinski definition) is 4. The summed E-state index contributed by atoms with van der Waals surface area (Å²) in [5.74, 6) is 0. The normalized spacial score (nSPS) is 21.9. The van der Waals surface area contributed by atoms with Crippen LogP contribution in [0.4, 0.5) is 5.69 Å². The number of piperidine rings is 1. The lowest BCUT2D eigenvalue weighted by Crippen LogP contribution is -2.39. The monoisotopic (exact) mass is 249 g/mol. The van der Waals surface area contributed by atoms with Gasteiger partial charge in [-0.05, 0) is 38.9 Å². The first kappa shape index (κ1) is 13.3. The average molecular weight is 249 g/mol. The summed E-state index contributed by atoms with van der Waals surface area (Å²) in [6, 6.07) is 4.56. The predicted molar refractivity (Wildman–Crippen MR) is 74.0 cm³/mol. The summed E-state index contributed by atoms with van der Waals surface area (Å²) in [6.45, 7) is 4.19. The van der Waals surface area contributed by atoms with Crippen molar-refractivity contribution in [3.8, 4) is 0 Å². The molecule has 0 saturated carbocycles. The number of anilines is 1. The summed E-state index contributed by atoms with van der Waals surface area (Å²) in [5, 5.41) is 3.20. The van der Waals surface area contributed by atoms with Crippen LogP contribution in [-0.4, -0.2) is 38.3 Å². The molecule has 0 spiro atoms. The molecule has 18 heavy (non-hydrogen) atoms. The molecule has 4 nitrogen and oxygen atoms in total. The molecule has 4 heteroatoms. The maximum absolute atomic E-state index is 5.45. The first-order chi connectivity index (χ1) is 8.74. The summed E-state index contributed by atoms with van der Waals surface area (Å²) >= 11 is 0. The standard InChI is InChI=1S/C14H23N3O/c1-11(15-2)14-7-6-12(9-16-14)17-8-4-5-13(10-17)18-3/h6-7,9,11,13,15H,4-5,8,10H2,1-3H3. The van der Waals surface area contributed by atoms with Crippen LogP contribution in [0.5, 0.6) is 0 Å². The third-order valence-corrected chi connectivity index (χ3v) is 3.72. The Labute approximate surface area is 109 Å². The zero-order valence-corrected chi connectivity index (χ0v) is 11.5. The molecule has 2 heterocycles. The maximum Gasteiger partial charge on any atom is 0.0746 e. The lowest BCUT2D eigenvalue weighted by molar-refractivity contribution is 0.0893. The van der Waals surface area contributed by atoms with Crippen molar-refractivity contribution in [1.82, 2.24) is 10.3 Å². The van der Waals surface area contributed by atoms with Gasteiger partial charge in [-0.3, -0.25) is 4.98 Å². The summed E-state index contributed by atoms with van der Waals surface area (Å²) in [7, 11) is 3.75. The summed E-state index contributed by atoms with van der Waals surface area (Å²) in [4.78, 5) is 6.89. The summed E-state index contributed by atoms with van der Waals surface area (Å²) in [6.07, 6.45) is 4.68. The van der Waals surface area contributed by atoms with E-state index in [1.165, 1.54) is 12.1 Å². The molecule has 1 aromatic heterocycles. The highest BCUT2D eigenvalue weighted by molar-refractivity contribution is 5.45. The van der Waals surface area contributed by atoms with Crippen molar-refractivity contribution in [2.24, 2.45) is 0 Å². The maximum atomic E-state index is 5.45. The largest absolute Gasteiger partial charge is 0.380 e. The highest BCUT2D eigenvalue weighted by Gasteiger charge is 2.19. The fourth-order valence-corrected chi connectivity index (χ4v) is 2.35. The van der Waals surface area contributed by atoms with E-state index in [-0.39, 0.29) is 0 Å². The van der Waals surface area contributed by atoms with E-state index >= 15 is 0 Å². The van der Waals surface area contributed by atoms with E-state index in [0.29, 0.717) is 12.1 Å². The lowest BCUT2D eigenvalue weighted by atomic mass is 10.1. The quantitative estimate of drug-likeness (QED) is 0.885. The highest BCUT2D eigenvalue weighted by Crippen LogP contribution is 2.21. The molecule has 0 radical (unpaired) electrons. The number of methoxy groups -OCH3 is 1. The van der Waals surface area contributed by atoms with E-state index in [1.807, 2.05) is 13.2 Å². The first-order valence-electron chi connectivity index (χ1n) is 6.65. The molecule has 1 aliphatic rings. The van der Waals surface area contributed by atoms with Gasteiger partial charge in [-0.25, -0.2) is 0 Å². The predicted octanol–water partition coefficient (Wildman–Crippen LogP) is 1.98. The van der Waals surface area contributed by atoms with Crippen molar-refractivity contribution in [3.05, 3.63) is 24.0 Å². The molecule has 1 saturated heterocycles. The van der Waals surface area contributed by atoms with E-state index in [1.54, 1.807) is 7.11 Å². The van der Waals surface area contributed by atoms with Crippen molar-refractivity contribution in [2.45, 2.75) is 31.9 Å². The van der Waals surface area contributed by atoms with E-state index in [4.69, 9.17) is 4.74 Å². The first-order valence-corrected chi connectivity index (χ1v) is 6.65. The number of nitrogens with one attached hydrogen (secondary N) is 1. The van der Waals surface area contributed by atoms with Crippen molar-refractivity contribution < 1.29 is 4.74 Å². The minimum Gasteiger partial charge on any atom is -0.380 e. The number of ether oxygens (including phenoxy) is 1. The zero-order chi connectivity index (χ0) is 13.0. The molecule has 0 aliphatic carbocycles. The van der Waals surface area contributed by atoms with Gasteiger partial charge in [0.1, 0.15) is 0 Å². The molecule has 0 bridgehead atoms. The van der Waals surface area contributed by atoms with Gasteiger partial charge in [-0.1, -0.05) is 0 Å². The van der Waals surface area contributed by atoms with Crippen molar-refractivity contribution in [1.29, 1.82) is 0 Å². The molecule has 1 aliphatic heterocycles. The Bertz CT molecular complexity index is 366. The third kappa shape index (κ3) is 3.00. The Morgan fingerprint density at radius 3 is 2.94 bits per heavy atom. The third-order valence-electron chi connectivity index (χ3n) is 3.72. The Morgan fingerprint density at radius 1 is 1.50 bits per heavy atom. The van der Waals surface area contributed by atoms with Gasteiger partial charge >= 0.3 is 0 Å². The van der Waals surface area contributed by atoms with Crippen molar-refractivity contribution >= 4 is 5.69 Å². The van der Waals surface area contributed by atoms with Gasteiger partial charge in [-0.2, -0.15) is 0 Å². The van der Waals surface area contributed by atoms with Crippen LogP contribution in [0.25, 0.3) is 0 Å². The SMILES string of the molecule is CNC(C)c1ccc(N2CCCC(OC)C2)cn1. The van der Waals surface area contributed by atoms with Crippen LogP contribution in [0.1, 0.15) is 31.5 Å². The van der Waals surface area contributed by atoms with Crippen LogP contribution in [0.2, 0.25) is 0 Å². The number of hydrogen-bond donors (Lipinski definition) is 1. The zero-order valence-electron chi connectivity index (χ0n) is 11.5. The van der Waals surface area contributed by atoms with Gasteiger partial charge in [0.15, 0.2) is 0 Å². The Hall–Kier alpha value is -1.13. The smallest absolute Gasteiger partial charge is 0.0746 e. The van der Waals surface area contributed by atoms with Gasteiger partial charge in [-0.15, -0.1) is 0 Å². The van der Waals surface area contributed by atoms with Gasteiger partial charge in [0.25, 0.3) is 0 Å². The molecule has 1 fully saturated rings. The Kier molecular flexibility index (Phi) is 4.55. The molecule has 100 valence electrons. The fraction of sp³-hybridized carbons (Fsp3) is 0.643. The molecular formula is C14H23N3O. The minimum atomic E-state index is 0.298. The highest BCUT2D eigenvalue weighted by atomic mass is 16.5. The topological polar surface area (TPSA) is 37.4 Å². The van der Waals surface area contributed by atoms with E-state index in [0.717, 1.165) is 25.2 Å². The lowest BCUT2D eigenvalue weighted by Gasteiger charge is -2.33. The number of pyridine rings is 1. The molecule has 2 rings (SSSR count).